The first-order valence-corrected chi connectivity index (χ1v) is 11.0. The van der Waals surface area contributed by atoms with Crippen molar-refractivity contribution >= 4 is 5.91 Å². The Morgan fingerprint density at radius 2 is 1.93 bits per heavy atom. The van der Waals surface area contributed by atoms with Crippen LogP contribution in [0, 0.1) is 12.8 Å². The lowest BCUT2D eigenvalue weighted by molar-refractivity contribution is -0.136. The highest BCUT2D eigenvalue weighted by Crippen LogP contribution is 2.32. The van der Waals surface area contributed by atoms with Gasteiger partial charge in [0.25, 0.3) is 0 Å². The van der Waals surface area contributed by atoms with E-state index in [0.717, 1.165) is 62.3 Å². The van der Waals surface area contributed by atoms with Crippen molar-refractivity contribution < 1.29 is 9.53 Å². The molecule has 0 radical (unpaired) electrons. The van der Waals surface area contributed by atoms with Gasteiger partial charge < -0.3 is 9.64 Å². The Kier molecular flexibility index (Phi) is 6.17. The number of aryl methyl sites for hydroxylation is 1. The van der Waals surface area contributed by atoms with Crippen molar-refractivity contribution in [3.8, 4) is 5.75 Å². The molecule has 1 saturated carbocycles. The maximum atomic E-state index is 12.9. The number of hydrogen-bond acceptors (Lipinski definition) is 3. The quantitative estimate of drug-likeness (QED) is 0.728. The third kappa shape index (κ3) is 4.63. The summed E-state index contributed by atoms with van der Waals surface area (Å²) in [6, 6.07) is 12.6. The number of piperidine rings is 1. The molecule has 29 heavy (non-hydrogen) atoms. The van der Waals surface area contributed by atoms with E-state index in [4.69, 9.17) is 9.72 Å². The van der Waals surface area contributed by atoms with Crippen molar-refractivity contribution in [2.75, 3.05) is 20.2 Å². The molecule has 1 unspecified atom stereocenters. The first kappa shape index (κ1) is 19.9. The average molecular weight is 393 g/mol. The van der Waals surface area contributed by atoms with E-state index in [0.29, 0.717) is 11.8 Å². The fraction of sp³-hybridized carbons (Fsp3) is 0.520. The standard InChI is InChI=1S/C25H32N2O2/c1-18-14-19(15-21-10-5-6-12-24(21)29-2)16-23(26-18)22-11-7-13-27(17-22)25(28)20-8-3-4-9-20/h5-6,10,12,14,16,20,22H,3-4,7-9,11,13,15,17H2,1-2H3. The van der Waals surface area contributed by atoms with Crippen molar-refractivity contribution in [3.63, 3.8) is 0 Å². The highest BCUT2D eigenvalue weighted by atomic mass is 16.5. The van der Waals surface area contributed by atoms with Crippen molar-refractivity contribution in [1.29, 1.82) is 0 Å². The van der Waals surface area contributed by atoms with E-state index in [1.807, 2.05) is 12.1 Å². The van der Waals surface area contributed by atoms with Crippen molar-refractivity contribution in [2.45, 2.75) is 57.8 Å². The van der Waals surface area contributed by atoms with Crippen LogP contribution < -0.4 is 4.74 Å². The van der Waals surface area contributed by atoms with E-state index in [-0.39, 0.29) is 5.92 Å². The van der Waals surface area contributed by atoms with Crippen LogP contribution in [-0.4, -0.2) is 36.0 Å². The number of nitrogens with zero attached hydrogens (tertiary/aromatic N) is 2. The second kappa shape index (κ2) is 8.98. The molecule has 2 fully saturated rings. The summed E-state index contributed by atoms with van der Waals surface area (Å²) in [6.07, 6.45) is 7.58. The predicted molar refractivity (Wildman–Crippen MR) is 115 cm³/mol. The van der Waals surface area contributed by atoms with Crippen LogP contribution in [0.4, 0.5) is 0 Å². The fourth-order valence-electron chi connectivity index (χ4n) is 5.00. The van der Waals surface area contributed by atoms with Crippen molar-refractivity contribution in [3.05, 3.63) is 58.9 Å². The van der Waals surface area contributed by atoms with Crippen LogP contribution in [0.1, 0.15) is 67.0 Å². The van der Waals surface area contributed by atoms with Crippen LogP contribution in [0.5, 0.6) is 5.75 Å². The van der Waals surface area contributed by atoms with E-state index in [1.165, 1.54) is 24.0 Å². The van der Waals surface area contributed by atoms with Crippen LogP contribution in [0.25, 0.3) is 0 Å². The van der Waals surface area contributed by atoms with Gasteiger partial charge >= 0.3 is 0 Å². The third-order valence-electron chi connectivity index (χ3n) is 6.48. The summed E-state index contributed by atoms with van der Waals surface area (Å²) in [6.45, 7) is 3.80. The maximum absolute atomic E-state index is 12.9. The van der Waals surface area contributed by atoms with Crippen LogP contribution >= 0.6 is 0 Å². The molecule has 1 amide bonds. The number of carbonyl (C=O) groups is 1. The van der Waals surface area contributed by atoms with Crippen LogP contribution in [0.3, 0.4) is 0 Å². The molecule has 1 atom stereocenters. The van der Waals surface area contributed by atoms with E-state index in [9.17, 15) is 4.79 Å². The highest BCUT2D eigenvalue weighted by Gasteiger charge is 2.31. The third-order valence-corrected chi connectivity index (χ3v) is 6.48. The Hall–Kier alpha value is -2.36. The van der Waals surface area contributed by atoms with Crippen LogP contribution in [-0.2, 0) is 11.2 Å². The molecule has 2 aromatic rings. The maximum Gasteiger partial charge on any atom is 0.225 e. The topological polar surface area (TPSA) is 42.4 Å². The SMILES string of the molecule is COc1ccccc1Cc1cc(C)nc(C2CCCN(C(=O)C3CCCC3)C2)c1. The molecule has 0 N–H and O–H groups in total. The van der Waals surface area contributed by atoms with Gasteiger partial charge in [0.1, 0.15) is 5.75 Å². The molecule has 4 rings (SSSR count). The summed E-state index contributed by atoms with van der Waals surface area (Å²) >= 11 is 0. The second-order valence-electron chi connectivity index (χ2n) is 8.64. The van der Waals surface area contributed by atoms with E-state index in [2.05, 4.69) is 36.1 Å². The summed E-state index contributed by atoms with van der Waals surface area (Å²) in [7, 11) is 1.72. The van der Waals surface area contributed by atoms with Gasteiger partial charge in [0.2, 0.25) is 5.91 Å². The van der Waals surface area contributed by atoms with Crippen molar-refractivity contribution in [2.24, 2.45) is 5.92 Å². The molecule has 1 saturated heterocycles. The van der Waals surface area contributed by atoms with Gasteiger partial charge in [-0.25, -0.2) is 0 Å². The smallest absolute Gasteiger partial charge is 0.225 e. The van der Waals surface area contributed by atoms with Gasteiger partial charge in [0.05, 0.1) is 7.11 Å². The van der Waals surface area contributed by atoms with Gasteiger partial charge in [-0.2, -0.15) is 0 Å². The van der Waals surface area contributed by atoms with Gasteiger partial charge in [-0.1, -0.05) is 31.0 Å². The Morgan fingerprint density at radius 3 is 2.72 bits per heavy atom. The lowest BCUT2D eigenvalue weighted by atomic mass is 9.91. The number of pyridine rings is 1. The first-order valence-electron chi connectivity index (χ1n) is 11.0. The fourth-order valence-corrected chi connectivity index (χ4v) is 5.00. The minimum absolute atomic E-state index is 0.264. The Morgan fingerprint density at radius 1 is 1.14 bits per heavy atom. The first-order chi connectivity index (χ1) is 14.1. The number of para-hydroxylation sites is 1. The molecule has 1 aliphatic heterocycles. The Bertz CT molecular complexity index is 858. The zero-order chi connectivity index (χ0) is 20.2. The largest absolute Gasteiger partial charge is 0.496 e. The molecular weight excluding hydrogens is 360 g/mol. The zero-order valence-electron chi connectivity index (χ0n) is 17.7. The normalized spacial score (nSPS) is 20.1. The van der Waals surface area contributed by atoms with E-state index < -0.39 is 0 Å². The second-order valence-corrected chi connectivity index (χ2v) is 8.64. The number of carbonyl (C=O) groups excluding carboxylic acids is 1. The Balaban J connectivity index is 1.51. The lowest BCUT2D eigenvalue weighted by Gasteiger charge is -2.34. The average Bonchev–Trinajstić information content (AvgIpc) is 3.28. The van der Waals surface area contributed by atoms with Gasteiger partial charge in [0, 0.05) is 42.7 Å². The predicted octanol–water partition coefficient (Wildman–Crippen LogP) is 4.89. The zero-order valence-corrected chi connectivity index (χ0v) is 17.7. The van der Waals surface area contributed by atoms with Crippen LogP contribution in [0.15, 0.2) is 36.4 Å². The molecule has 154 valence electrons. The number of ether oxygens (including phenoxy) is 1. The molecule has 2 aliphatic rings. The number of aromatic nitrogens is 1. The Labute approximate surface area is 174 Å². The summed E-state index contributed by atoms with van der Waals surface area (Å²) in [5.74, 6) is 1.91. The summed E-state index contributed by atoms with van der Waals surface area (Å²) in [4.78, 5) is 19.9. The molecule has 1 aromatic carbocycles. The van der Waals surface area contributed by atoms with Gasteiger partial charge in [-0.3, -0.25) is 9.78 Å². The molecule has 2 heterocycles. The number of hydrogen-bond donors (Lipinski definition) is 0. The van der Waals surface area contributed by atoms with Gasteiger partial charge in [0.15, 0.2) is 0 Å². The molecule has 4 nitrogen and oxygen atoms in total. The summed E-state index contributed by atoms with van der Waals surface area (Å²) in [5.41, 5.74) is 4.63. The van der Waals surface area contributed by atoms with E-state index >= 15 is 0 Å². The van der Waals surface area contributed by atoms with Gasteiger partial charge in [-0.15, -0.1) is 0 Å². The molecule has 0 spiro atoms. The number of rotatable bonds is 5. The highest BCUT2D eigenvalue weighted by molar-refractivity contribution is 5.79. The molecule has 4 heteroatoms. The lowest BCUT2D eigenvalue weighted by Crippen LogP contribution is -2.42. The molecular formula is C25H32N2O2. The summed E-state index contributed by atoms with van der Waals surface area (Å²) in [5, 5.41) is 0. The number of methoxy groups -OCH3 is 1. The monoisotopic (exact) mass is 392 g/mol. The molecule has 0 bridgehead atoms. The minimum Gasteiger partial charge on any atom is -0.496 e. The van der Waals surface area contributed by atoms with Crippen molar-refractivity contribution in [1.82, 2.24) is 9.88 Å². The summed E-state index contributed by atoms with van der Waals surface area (Å²) < 4.78 is 5.52. The minimum atomic E-state index is 0.264. The van der Waals surface area contributed by atoms with Gasteiger partial charge in [-0.05, 0) is 61.9 Å². The van der Waals surface area contributed by atoms with E-state index in [1.54, 1.807) is 7.11 Å². The number of benzene rings is 1. The molecule has 1 aromatic heterocycles. The van der Waals surface area contributed by atoms with Crippen LogP contribution in [0.2, 0.25) is 0 Å². The number of amides is 1. The molecule has 1 aliphatic carbocycles. The number of likely N-dealkylation sites (tertiary alicyclic amines) is 1.